The van der Waals surface area contributed by atoms with Crippen molar-refractivity contribution in [2.45, 2.75) is 63.3 Å². The number of amides is 1. The van der Waals surface area contributed by atoms with Crippen molar-refractivity contribution in [3.63, 3.8) is 0 Å². The molecular weight excluding hydrogens is 232 g/mol. The van der Waals surface area contributed by atoms with Crippen LogP contribution >= 0.6 is 11.8 Å². The summed E-state index contributed by atoms with van der Waals surface area (Å²) in [6, 6.07) is 0.151. The molecule has 3 nitrogen and oxygen atoms in total. The van der Waals surface area contributed by atoms with E-state index in [0.29, 0.717) is 0 Å². The maximum atomic E-state index is 11.8. The molecule has 1 aliphatic rings. The summed E-state index contributed by atoms with van der Waals surface area (Å²) in [4.78, 5) is 11.8. The first kappa shape index (κ1) is 14.6. The first-order valence-electron chi connectivity index (χ1n) is 6.28. The normalized spacial score (nSPS) is 28.0. The predicted octanol–water partition coefficient (Wildman–Crippen LogP) is 3.05. The van der Waals surface area contributed by atoms with Crippen molar-refractivity contribution in [3.8, 4) is 0 Å². The molecule has 3 N–H and O–H groups in total. The zero-order valence-corrected chi connectivity index (χ0v) is 11.8. The zero-order chi connectivity index (χ0) is 12.9. The van der Waals surface area contributed by atoms with Crippen LogP contribution in [0.4, 0.5) is 4.79 Å². The van der Waals surface area contributed by atoms with Gasteiger partial charge in [-0.15, -0.1) is 0 Å². The minimum atomic E-state index is -0.0500. The summed E-state index contributed by atoms with van der Waals surface area (Å²) in [6.45, 7) is 6.11. The van der Waals surface area contributed by atoms with Gasteiger partial charge in [0.25, 0.3) is 5.24 Å². The maximum absolute atomic E-state index is 11.8. The number of carbonyl (C=O) groups is 1. The Labute approximate surface area is 109 Å². The van der Waals surface area contributed by atoms with E-state index in [4.69, 9.17) is 5.73 Å². The number of nitrogens with one attached hydrogen (secondary N) is 1. The highest BCUT2D eigenvalue weighted by molar-refractivity contribution is 8.14. The Balaban J connectivity index is 2.49. The molecule has 1 rings (SSSR count). The summed E-state index contributed by atoms with van der Waals surface area (Å²) in [6.07, 6.45) is 8.35. The van der Waals surface area contributed by atoms with Crippen LogP contribution in [0.5, 0.6) is 0 Å². The Morgan fingerprint density at radius 3 is 2.76 bits per heavy atom. The monoisotopic (exact) mass is 256 g/mol. The molecule has 4 heteroatoms. The third-order valence-electron chi connectivity index (χ3n) is 2.68. The topological polar surface area (TPSA) is 55.1 Å². The summed E-state index contributed by atoms with van der Waals surface area (Å²) in [5.41, 5.74) is 6.10. The molecule has 0 fully saturated rings. The Bertz CT molecular complexity index is 284. The van der Waals surface area contributed by atoms with Crippen molar-refractivity contribution in [1.29, 1.82) is 0 Å². The molecule has 0 saturated heterocycles. The largest absolute Gasteiger partial charge is 0.342 e. The van der Waals surface area contributed by atoms with Crippen LogP contribution in [0, 0.1) is 0 Å². The molecule has 0 bridgehead atoms. The number of allylic oxidation sites excluding steroid dienone is 1. The molecule has 0 aromatic heterocycles. The van der Waals surface area contributed by atoms with Crippen molar-refractivity contribution in [2.75, 3.05) is 0 Å². The lowest BCUT2D eigenvalue weighted by Crippen LogP contribution is -2.47. The third kappa shape index (κ3) is 6.13. The van der Waals surface area contributed by atoms with Crippen LogP contribution in [0.1, 0.15) is 46.5 Å². The number of thioether (sulfide) groups is 1. The van der Waals surface area contributed by atoms with E-state index in [1.54, 1.807) is 0 Å². The van der Waals surface area contributed by atoms with E-state index in [9.17, 15) is 4.79 Å². The highest BCUT2D eigenvalue weighted by Gasteiger charge is 2.23. The molecule has 0 aromatic carbocycles. The van der Waals surface area contributed by atoms with Crippen molar-refractivity contribution in [1.82, 2.24) is 5.32 Å². The van der Waals surface area contributed by atoms with Crippen LogP contribution in [0.15, 0.2) is 12.2 Å². The lowest BCUT2D eigenvalue weighted by atomic mass is 9.97. The fourth-order valence-electron chi connectivity index (χ4n) is 1.83. The molecular formula is C13H24N2OS. The van der Waals surface area contributed by atoms with E-state index in [2.05, 4.69) is 17.5 Å². The van der Waals surface area contributed by atoms with Gasteiger partial charge >= 0.3 is 0 Å². The van der Waals surface area contributed by atoms with Gasteiger partial charge in [-0.2, -0.15) is 0 Å². The molecule has 0 radical (unpaired) electrons. The number of hydrogen-bond acceptors (Lipinski definition) is 3. The maximum Gasteiger partial charge on any atom is 0.279 e. The standard InChI is InChI=1S/C13H24N2OS/c1-13(2,3)17-12(16)15-11-9-7-5-4-6-8-10(11)14/h5,7,10-11H,4,6,8-9,14H2,1-3H3,(H,15,16)/b7-5+/t10-,11?/m1/s1. The summed E-state index contributed by atoms with van der Waals surface area (Å²) < 4.78 is -0.0500. The number of hydrogen-bond donors (Lipinski definition) is 2. The van der Waals surface area contributed by atoms with Gasteiger partial charge < -0.3 is 11.1 Å². The van der Waals surface area contributed by atoms with Crippen LogP contribution in [0.3, 0.4) is 0 Å². The van der Waals surface area contributed by atoms with E-state index < -0.39 is 0 Å². The highest BCUT2D eigenvalue weighted by atomic mass is 32.2. The molecule has 98 valence electrons. The first-order valence-corrected chi connectivity index (χ1v) is 7.10. The van der Waals surface area contributed by atoms with Crippen molar-refractivity contribution in [2.24, 2.45) is 5.73 Å². The molecule has 1 amide bonds. The second kappa shape index (κ2) is 6.45. The lowest BCUT2D eigenvalue weighted by Gasteiger charge is -2.26. The molecule has 0 aromatic rings. The van der Waals surface area contributed by atoms with Gasteiger partial charge in [0.05, 0.1) is 0 Å². The summed E-state index contributed by atoms with van der Waals surface area (Å²) in [5.74, 6) is 0. The molecule has 0 spiro atoms. The van der Waals surface area contributed by atoms with E-state index in [1.807, 2.05) is 20.8 Å². The lowest BCUT2D eigenvalue weighted by molar-refractivity contribution is 0.254. The van der Waals surface area contributed by atoms with Crippen LogP contribution < -0.4 is 11.1 Å². The average molecular weight is 256 g/mol. The van der Waals surface area contributed by atoms with Crippen molar-refractivity contribution in [3.05, 3.63) is 12.2 Å². The molecule has 1 unspecified atom stereocenters. The fourth-order valence-corrected chi connectivity index (χ4v) is 2.60. The molecule has 0 aliphatic heterocycles. The van der Waals surface area contributed by atoms with Crippen LogP contribution in [0.25, 0.3) is 0 Å². The quantitative estimate of drug-likeness (QED) is 0.709. The van der Waals surface area contributed by atoms with E-state index in [0.717, 1.165) is 25.7 Å². The van der Waals surface area contributed by atoms with Gasteiger partial charge in [0.2, 0.25) is 0 Å². The average Bonchev–Trinajstić information content (AvgIpc) is 2.15. The van der Waals surface area contributed by atoms with E-state index in [1.165, 1.54) is 11.8 Å². The Kier molecular flexibility index (Phi) is 5.53. The Hall–Kier alpha value is -0.480. The van der Waals surface area contributed by atoms with E-state index in [-0.39, 0.29) is 22.1 Å². The Morgan fingerprint density at radius 1 is 1.41 bits per heavy atom. The number of nitrogens with two attached hydrogens (primary N) is 1. The van der Waals surface area contributed by atoms with Gasteiger partial charge in [0.1, 0.15) is 0 Å². The second-order valence-electron chi connectivity index (χ2n) is 5.55. The minimum absolute atomic E-state index is 0.0342. The van der Waals surface area contributed by atoms with Gasteiger partial charge in [0.15, 0.2) is 0 Å². The smallest absolute Gasteiger partial charge is 0.279 e. The van der Waals surface area contributed by atoms with Gasteiger partial charge in [-0.3, -0.25) is 4.79 Å². The van der Waals surface area contributed by atoms with Crippen LogP contribution in [-0.4, -0.2) is 22.1 Å². The molecule has 2 atom stereocenters. The fraction of sp³-hybridized carbons (Fsp3) is 0.769. The predicted molar refractivity (Wildman–Crippen MR) is 75.2 cm³/mol. The van der Waals surface area contributed by atoms with Gasteiger partial charge in [-0.1, -0.05) is 44.7 Å². The van der Waals surface area contributed by atoms with Gasteiger partial charge in [-0.25, -0.2) is 0 Å². The first-order chi connectivity index (χ1) is 7.88. The molecule has 1 aliphatic carbocycles. The van der Waals surface area contributed by atoms with E-state index >= 15 is 0 Å². The van der Waals surface area contributed by atoms with Crippen molar-refractivity contribution < 1.29 is 4.79 Å². The van der Waals surface area contributed by atoms with Gasteiger partial charge in [-0.05, 0) is 25.7 Å². The Morgan fingerprint density at radius 2 is 2.12 bits per heavy atom. The van der Waals surface area contributed by atoms with Crippen molar-refractivity contribution >= 4 is 17.0 Å². The SMILES string of the molecule is CC(C)(C)SC(=O)NC1C/C=C/CCC[C@H]1N. The molecule has 17 heavy (non-hydrogen) atoms. The van der Waals surface area contributed by atoms with Crippen LogP contribution in [-0.2, 0) is 0 Å². The summed E-state index contributed by atoms with van der Waals surface area (Å²) >= 11 is 1.33. The molecule has 0 saturated carbocycles. The summed E-state index contributed by atoms with van der Waals surface area (Å²) in [5, 5.41) is 3.07. The number of rotatable bonds is 1. The highest BCUT2D eigenvalue weighted by Crippen LogP contribution is 2.24. The number of carbonyl (C=O) groups excluding carboxylic acids is 1. The summed E-state index contributed by atoms with van der Waals surface area (Å²) in [7, 11) is 0. The third-order valence-corrected chi connectivity index (χ3v) is 3.60. The van der Waals surface area contributed by atoms with Crippen LogP contribution in [0.2, 0.25) is 0 Å². The molecule has 0 heterocycles. The van der Waals surface area contributed by atoms with Gasteiger partial charge in [0, 0.05) is 16.8 Å². The second-order valence-corrected chi connectivity index (χ2v) is 7.35. The minimum Gasteiger partial charge on any atom is -0.342 e. The zero-order valence-electron chi connectivity index (χ0n) is 11.0.